The summed E-state index contributed by atoms with van der Waals surface area (Å²) in [5.41, 5.74) is -4.73. The van der Waals surface area contributed by atoms with Crippen molar-refractivity contribution in [2.24, 2.45) is 5.84 Å². The third kappa shape index (κ3) is 2.41. The van der Waals surface area contributed by atoms with Crippen molar-refractivity contribution in [2.45, 2.75) is 31.9 Å². The van der Waals surface area contributed by atoms with E-state index in [4.69, 9.17) is 5.84 Å². The number of nitrogens with two attached hydrogens (primary N) is 1. The van der Waals surface area contributed by atoms with E-state index in [1.165, 1.54) is 13.8 Å². The summed E-state index contributed by atoms with van der Waals surface area (Å²) < 4.78 is 89.4. The highest BCUT2D eigenvalue weighted by molar-refractivity contribution is 5.58. The van der Waals surface area contributed by atoms with Gasteiger partial charge in [-0.1, -0.05) is 12.1 Å². The lowest BCUT2D eigenvalue weighted by Crippen LogP contribution is -2.50. The highest BCUT2D eigenvalue weighted by atomic mass is 19.4. The summed E-state index contributed by atoms with van der Waals surface area (Å²) in [6.45, 7) is 2.44. The smallest absolute Gasteiger partial charge is 0.324 e. The molecule has 0 aliphatic heterocycles. The van der Waals surface area contributed by atoms with Crippen LogP contribution in [0.4, 0.5) is 36.4 Å². The maximum absolute atomic E-state index is 13.8. The molecule has 1 aromatic carbocycles. The lowest BCUT2D eigenvalue weighted by Gasteiger charge is -2.31. The number of hydrazine groups is 1. The molecule has 0 aromatic heterocycles. The summed E-state index contributed by atoms with van der Waals surface area (Å²) in [5, 5.41) is 0. The van der Waals surface area contributed by atoms with Gasteiger partial charge in [0.25, 0.3) is 0 Å². The number of hydrogen-bond acceptors (Lipinski definition) is 2. The van der Waals surface area contributed by atoms with Gasteiger partial charge in [0.05, 0.1) is 5.69 Å². The molecular formula is C11H11F7N2. The topological polar surface area (TPSA) is 38.0 Å². The first kappa shape index (κ1) is 16.5. The number of nitrogen functional groups attached to an aromatic ring is 1. The van der Waals surface area contributed by atoms with Crippen LogP contribution in [0.15, 0.2) is 12.1 Å². The van der Waals surface area contributed by atoms with Crippen LogP contribution < -0.4 is 11.3 Å². The van der Waals surface area contributed by atoms with Gasteiger partial charge in [-0.25, -0.2) is 4.39 Å². The Labute approximate surface area is 109 Å². The van der Waals surface area contributed by atoms with Crippen molar-refractivity contribution in [2.75, 3.05) is 5.43 Å². The molecule has 0 saturated carbocycles. The fourth-order valence-corrected chi connectivity index (χ4v) is 1.88. The molecule has 0 radical (unpaired) electrons. The largest absolute Gasteiger partial charge is 0.435 e. The molecule has 0 bridgehead atoms. The Morgan fingerprint density at radius 2 is 1.20 bits per heavy atom. The molecule has 0 aliphatic carbocycles. The highest BCUT2D eigenvalue weighted by Crippen LogP contribution is 2.53. The number of nitrogens with one attached hydrogen (secondary N) is 1. The van der Waals surface area contributed by atoms with E-state index < -0.39 is 23.6 Å². The molecule has 0 spiro atoms. The number of hydrogen-bond donors (Lipinski definition) is 2. The summed E-state index contributed by atoms with van der Waals surface area (Å²) >= 11 is 0. The number of halogens is 7. The van der Waals surface area contributed by atoms with Gasteiger partial charge < -0.3 is 5.43 Å². The Hall–Kier alpha value is -1.51. The number of anilines is 1. The molecule has 1 rings (SSSR count). The number of alkyl halides is 7. The molecule has 0 saturated heterocycles. The zero-order valence-corrected chi connectivity index (χ0v) is 10.4. The van der Waals surface area contributed by atoms with Crippen molar-refractivity contribution < 1.29 is 30.7 Å². The zero-order chi connectivity index (χ0) is 15.9. The van der Waals surface area contributed by atoms with Crippen molar-refractivity contribution in [3.8, 4) is 0 Å². The minimum absolute atomic E-state index is 0.0296. The lowest BCUT2D eigenvalue weighted by atomic mass is 9.90. The molecule has 3 N–H and O–H groups in total. The molecule has 0 heterocycles. The van der Waals surface area contributed by atoms with E-state index in [0.717, 1.165) is 0 Å². The Morgan fingerprint density at radius 1 is 0.850 bits per heavy atom. The van der Waals surface area contributed by atoms with E-state index >= 15 is 0 Å². The molecular weight excluding hydrogens is 293 g/mol. The van der Waals surface area contributed by atoms with E-state index in [2.05, 4.69) is 5.43 Å². The van der Waals surface area contributed by atoms with Crippen LogP contribution in [0.2, 0.25) is 0 Å². The predicted octanol–water partition coefficient (Wildman–Crippen LogP) is 3.88. The van der Waals surface area contributed by atoms with Gasteiger partial charge in [0.2, 0.25) is 0 Å². The molecule has 114 valence electrons. The third-order valence-electron chi connectivity index (χ3n) is 2.86. The summed E-state index contributed by atoms with van der Waals surface area (Å²) in [6.07, 6.45) is -12.2. The van der Waals surface area contributed by atoms with E-state index in [1.807, 2.05) is 0 Å². The van der Waals surface area contributed by atoms with Gasteiger partial charge in [-0.05, 0) is 25.0 Å². The highest BCUT2D eigenvalue weighted by Gasteiger charge is 2.73. The van der Waals surface area contributed by atoms with Gasteiger partial charge in [-0.2, -0.15) is 26.3 Å². The van der Waals surface area contributed by atoms with Gasteiger partial charge in [0.15, 0.2) is 0 Å². The van der Waals surface area contributed by atoms with E-state index in [-0.39, 0.29) is 16.8 Å². The van der Waals surface area contributed by atoms with Gasteiger partial charge in [-0.15, -0.1) is 0 Å². The van der Waals surface area contributed by atoms with Crippen molar-refractivity contribution >= 4 is 5.69 Å². The van der Waals surface area contributed by atoms with Crippen molar-refractivity contribution in [1.29, 1.82) is 0 Å². The quantitative estimate of drug-likeness (QED) is 0.494. The monoisotopic (exact) mass is 304 g/mol. The Morgan fingerprint density at radius 3 is 1.45 bits per heavy atom. The minimum atomic E-state index is -6.12. The van der Waals surface area contributed by atoms with Gasteiger partial charge >= 0.3 is 18.0 Å². The maximum Gasteiger partial charge on any atom is 0.435 e. The van der Waals surface area contributed by atoms with Crippen LogP contribution in [-0.4, -0.2) is 12.4 Å². The molecule has 0 fully saturated rings. The van der Waals surface area contributed by atoms with Gasteiger partial charge in [0.1, 0.15) is 0 Å². The van der Waals surface area contributed by atoms with Crippen LogP contribution in [0.3, 0.4) is 0 Å². The molecule has 2 nitrogen and oxygen atoms in total. The molecule has 0 amide bonds. The second kappa shape index (κ2) is 4.80. The molecule has 20 heavy (non-hydrogen) atoms. The average molecular weight is 304 g/mol. The molecule has 0 unspecified atom stereocenters. The van der Waals surface area contributed by atoms with Crippen molar-refractivity contribution in [3.05, 3.63) is 28.8 Å². The summed E-state index contributed by atoms with van der Waals surface area (Å²) in [5.74, 6) is 5.09. The standard InChI is InChI=1S/C11H11F7N2/c1-5-3-7(4-6(2)8(5)20-19)9(12,10(13,14)15)11(16,17)18/h3-4,20H,19H2,1-2H3. The molecule has 9 heteroatoms. The van der Waals surface area contributed by atoms with Crippen molar-refractivity contribution in [1.82, 2.24) is 0 Å². The fourth-order valence-electron chi connectivity index (χ4n) is 1.88. The zero-order valence-electron chi connectivity index (χ0n) is 10.4. The summed E-state index contributed by atoms with van der Waals surface area (Å²) in [7, 11) is 0. The Bertz CT molecular complexity index is 467. The van der Waals surface area contributed by atoms with Crippen LogP contribution in [0.5, 0.6) is 0 Å². The minimum Gasteiger partial charge on any atom is -0.324 e. The number of benzene rings is 1. The normalized spacial score (nSPS) is 13.5. The van der Waals surface area contributed by atoms with Crippen LogP contribution in [0, 0.1) is 13.8 Å². The second-order valence-corrected chi connectivity index (χ2v) is 4.28. The summed E-state index contributed by atoms with van der Waals surface area (Å²) in [6, 6.07) is 0.951. The first-order valence-corrected chi connectivity index (χ1v) is 5.27. The first-order chi connectivity index (χ1) is 8.86. The van der Waals surface area contributed by atoms with E-state index in [9.17, 15) is 30.7 Å². The van der Waals surface area contributed by atoms with E-state index in [0.29, 0.717) is 12.1 Å². The molecule has 0 aliphatic rings. The van der Waals surface area contributed by atoms with Gasteiger partial charge in [0, 0.05) is 5.56 Å². The SMILES string of the molecule is Cc1cc(C(F)(C(F)(F)F)C(F)(F)F)cc(C)c1NN. The van der Waals surface area contributed by atoms with Gasteiger partial charge in [-0.3, -0.25) is 5.84 Å². The maximum atomic E-state index is 13.8. The Balaban J connectivity index is 3.61. The second-order valence-electron chi connectivity index (χ2n) is 4.28. The van der Waals surface area contributed by atoms with Crippen molar-refractivity contribution in [3.63, 3.8) is 0 Å². The third-order valence-corrected chi connectivity index (χ3v) is 2.86. The Kier molecular flexibility index (Phi) is 3.97. The lowest BCUT2D eigenvalue weighted by molar-refractivity contribution is -0.348. The first-order valence-electron chi connectivity index (χ1n) is 5.27. The number of rotatable bonds is 2. The average Bonchev–Trinajstić information content (AvgIpc) is 2.24. The van der Waals surface area contributed by atoms with Crippen LogP contribution >= 0.6 is 0 Å². The van der Waals surface area contributed by atoms with Crippen LogP contribution in [0.1, 0.15) is 16.7 Å². The number of aryl methyl sites for hydroxylation is 2. The predicted molar refractivity (Wildman–Crippen MR) is 58.6 cm³/mol. The van der Waals surface area contributed by atoms with Crippen LogP contribution in [0.25, 0.3) is 0 Å². The molecule has 1 aromatic rings. The summed E-state index contributed by atoms with van der Waals surface area (Å²) in [4.78, 5) is 0. The van der Waals surface area contributed by atoms with Crippen LogP contribution in [-0.2, 0) is 5.67 Å². The molecule has 0 atom stereocenters. The fraction of sp³-hybridized carbons (Fsp3) is 0.455. The van der Waals surface area contributed by atoms with E-state index in [1.54, 1.807) is 0 Å².